The molecule has 0 saturated carbocycles. The van der Waals surface area contributed by atoms with Crippen molar-refractivity contribution in [2.75, 3.05) is 13.8 Å². The highest BCUT2D eigenvalue weighted by molar-refractivity contribution is 5.94. The van der Waals surface area contributed by atoms with Crippen molar-refractivity contribution in [1.82, 2.24) is 15.7 Å². The summed E-state index contributed by atoms with van der Waals surface area (Å²) < 4.78 is 10.7. The van der Waals surface area contributed by atoms with Crippen LogP contribution in [0.3, 0.4) is 0 Å². The fourth-order valence-corrected chi connectivity index (χ4v) is 4.76. The second-order valence-corrected chi connectivity index (χ2v) is 9.91. The van der Waals surface area contributed by atoms with Crippen LogP contribution in [-0.2, 0) is 21.0 Å². The van der Waals surface area contributed by atoms with Crippen molar-refractivity contribution in [3.05, 3.63) is 77.6 Å². The fraction of sp³-hybridized carbons (Fsp3) is 0.375. The highest BCUT2D eigenvalue weighted by Crippen LogP contribution is 2.28. The average Bonchev–Trinajstić information content (AvgIpc) is 3.52. The standard InChI is InChI=1S/C32H39N3O8/c1-4-6-8-13-24(26(5-2)35(21-36)42-19-22-11-9-7-10-12-22)30(37)33-20-34-31(38)29-17-16-27(43-29)23-14-15-28(41-3)25(18-23)32(39)40/h7,9-12,14-18,21,24,26H,4-6,8,13,19-20H2,1-3H3,(H,33,37)(H,34,38)(H,39,40)/t24-,26-/m1/s1. The van der Waals surface area contributed by atoms with E-state index in [-0.39, 0.29) is 36.3 Å². The number of aromatic carboxylic acids is 1. The van der Waals surface area contributed by atoms with Crippen LogP contribution in [0.15, 0.2) is 65.1 Å². The van der Waals surface area contributed by atoms with Crippen LogP contribution in [0.4, 0.5) is 0 Å². The topological polar surface area (TPSA) is 147 Å². The number of hydrogen-bond acceptors (Lipinski definition) is 7. The third kappa shape index (κ3) is 9.17. The smallest absolute Gasteiger partial charge is 0.339 e. The van der Waals surface area contributed by atoms with Gasteiger partial charge in [-0.05, 0) is 48.7 Å². The van der Waals surface area contributed by atoms with Crippen molar-refractivity contribution in [1.29, 1.82) is 0 Å². The minimum atomic E-state index is -1.16. The van der Waals surface area contributed by atoms with Gasteiger partial charge in [-0.1, -0.05) is 63.4 Å². The molecule has 0 unspecified atom stereocenters. The maximum atomic E-state index is 13.3. The van der Waals surface area contributed by atoms with E-state index < -0.39 is 23.8 Å². The maximum Gasteiger partial charge on any atom is 0.339 e. The van der Waals surface area contributed by atoms with Gasteiger partial charge in [0.2, 0.25) is 12.3 Å². The van der Waals surface area contributed by atoms with Crippen molar-refractivity contribution in [3.8, 4) is 17.1 Å². The zero-order valence-electron chi connectivity index (χ0n) is 24.7. The first-order chi connectivity index (χ1) is 20.8. The Morgan fingerprint density at radius 3 is 2.44 bits per heavy atom. The van der Waals surface area contributed by atoms with Crippen LogP contribution >= 0.6 is 0 Å². The molecule has 0 radical (unpaired) electrons. The Labute approximate surface area is 251 Å². The molecule has 1 aromatic heterocycles. The second-order valence-electron chi connectivity index (χ2n) is 9.91. The molecule has 3 aromatic rings. The Morgan fingerprint density at radius 2 is 1.79 bits per heavy atom. The number of amides is 3. The molecule has 0 aliphatic rings. The molecule has 1 heterocycles. The summed E-state index contributed by atoms with van der Waals surface area (Å²) in [5.74, 6) is -2.09. The number of carbonyl (C=O) groups excluding carboxylic acids is 3. The van der Waals surface area contributed by atoms with Crippen LogP contribution in [0.2, 0.25) is 0 Å². The summed E-state index contributed by atoms with van der Waals surface area (Å²) in [6.07, 6.45) is 4.36. The summed E-state index contributed by atoms with van der Waals surface area (Å²) in [6, 6.07) is 16.5. The first-order valence-corrected chi connectivity index (χ1v) is 14.3. The van der Waals surface area contributed by atoms with Gasteiger partial charge < -0.3 is 24.9 Å². The molecule has 3 amide bonds. The number of nitrogens with one attached hydrogen (secondary N) is 2. The molecular weight excluding hydrogens is 554 g/mol. The summed E-state index contributed by atoms with van der Waals surface area (Å²) in [7, 11) is 1.38. The van der Waals surface area contributed by atoms with E-state index in [0.29, 0.717) is 30.6 Å². The lowest BCUT2D eigenvalue weighted by atomic mass is 9.90. The predicted octanol–water partition coefficient (Wildman–Crippen LogP) is 5.02. The van der Waals surface area contributed by atoms with E-state index in [2.05, 4.69) is 17.6 Å². The normalized spacial score (nSPS) is 12.2. The molecule has 0 saturated heterocycles. The summed E-state index contributed by atoms with van der Waals surface area (Å²) in [5.41, 5.74) is 1.32. The molecule has 0 fully saturated rings. The predicted molar refractivity (Wildman–Crippen MR) is 159 cm³/mol. The zero-order chi connectivity index (χ0) is 31.2. The lowest BCUT2D eigenvalue weighted by Gasteiger charge is -2.32. The summed E-state index contributed by atoms with van der Waals surface area (Å²) in [5, 5.41) is 16.0. The van der Waals surface area contributed by atoms with Gasteiger partial charge in [0.15, 0.2) is 5.76 Å². The van der Waals surface area contributed by atoms with E-state index >= 15 is 0 Å². The van der Waals surface area contributed by atoms with Gasteiger partial charge in [-0.15, -0.1) is 0 Å². The molecular formula is C32H39N3O8. The average molecular weight is 594 g/mol. The van der Waals surface area contributed by atoms with Crippen molar-refractivity contribution >= 4 is 24.2 Å². The van der Waals surface area contributed by atoms with Crippen LogP contribution in [0.1, 0.15) is 72.4 Å². The third-order valence-corrected chi connectivity index (χ3v) is 7.05. The first kappa shape index (κ1) is 32.9. The molecule has 0 aliphatic heterocycles. The summed E-state index contributed by atoms with van der Waals surface area (Å²) in [6.45, 7) is 3.99. The molecule has 0 spiro atoms. The molecule has 3 N–H and O–H groups in total. The minimum Gasteiger partial charge on any atom is -0.496 e. The van der Waals surface area contributed by atoms with Gasteiger partial charge in [-0.25, -0.2) is 9.86 Å². The van der Waals surface area contributed by atoms with Crippen molar-refractivity contribution in [2.24, 2.45) is 5.92 Å². The number of furan rings is 1. The third-order valence-electron chi connectivity index (χ3n) is 7.05. The highest BCUT2D eigenvalue weighted by Gasteiger charge is 2.32. The second kappa shape index (κ2) is 16.7. The molecule has 2 aromatic carbocycles. The summed E-state index contributed by atoms with van der Waals surface area (Å²) >= 11 is 0. The van der Waals surface area contributed by atoms with E-state index in [4.69, 9.17) is 14.0 Å². The monoisotopic (exact) mass is 593 g/mol. The Morgan fingerprint density at radius 1 is 1.02 bits per heavy atom. The highest BCUT2D eigenvalue weighted by atomic mass is 16.7. The number of unbranched alkanes of at least 4 members (excludes halogenated alkanes) is 2. The van der Waals surface area contributed by atoms with Crippen LogP contribution in [-0.4, -0.2) is 54.2 Å². The molecule has 230 valence electrons. The SMILES string of the molecule is CCCCC[C@@H](C(=O)NCNC(=O)c1ccc(-c2ccc(OC)c(C(=O)O)c2)o1)[C@@H](CC)N(C=O)OCc1ccccc1. The van der Waals surface area contributed by atoms with E-state index in [0.717, 1.165) is 24.8 Å². The number of rotatable bonds is 18. The molecule has 3 rings (SSSR count). The lowest BCUT2D eigenvalue weighted by Crippen LogP contribution is -2.48. The Hall–Kier alpha value is -4.64. The quantitative estimate of drug-likeness (QED) is 0.0806. The number of hydroxylamine groups is 2. The van der Waals surface area contributed by atoms with E-state index in [1.165, 1.54) is 30.4 Å². The number of ether oxygens (including phenoxy) is 1. The van der Waals surface area contributed by atoms with Crippen LogP contribution in [0.5, 0.6) is 5.75 Å². The van der Waals surface area contributed by atoms with Gasteiger partial charge in [0.05, 0.1) is 25.7 Å². The molecule has 43 heavy (non-hydrogen) atoms. The molecule has 11 heteroatoms. The van der Waals surface area contributed by atoms with E-state index in [1.54, 1.807) is 12.1 Å². The minimum absolute atomic E-state index is 0.00989. The Balaban J connectivity index is 1.63. The largest absolute Gasteiger partial charge is 0.496 e. The molecule has 0 aliphatic carbocycles. The van der Waals surface area contributed by atoms with Gasteiger partial charge >= 0.3 is 5.97 Å². The lowest BCUT2D eigenvalue weighted by molar-refractivity contribution is -0.200. The number of benzene rings is 2. The van der Waals surface area contributed by atoms with Crippen LogP contribution in [0, 0.1) is 5.92 Å². The van der Waals surface area contributed by atoms with E-state index in [9.17, 15) is 24.3 Å². The van der Waals surface area contributed by atoms with Gasteiger partial charge in [0, 0.05) is 5.56 Å². The Kier molecular flexibility index (Phi) is 12.8. The first-order valence-electron chi connectivity index (χ1n) is 14.3. The maximum absolute atomic E-state index is 13.3. The number of nitrogens with zero attached hydrogens (tertiary/aromatic N) is 1. The molecule has 2 atom stereocenters. The van der Waals surface area contributed by atoms with E-state index in [1.807, 2.05) is 37.3 Å². The number of hydrogen-bond donors (Lipinski definition) is 3. The van der Waals surface area contributed by atoms with Crippen LogP contribution < -0.4 is 15.4 Å². The van der Waals surface area contributed by atoms with Crippen molar-refractivity contribution < 1.29 is 38.3 Å². The van der Waals surface area contributed by atoms with Gasteiger partial charge in [-0.2, -0.15) is 0 Å². The van der Waals surface area contributed by atoms with Gasteiger partial charge in [0.1, 0.15) is 23.7 Å². The molecule has 0 bridgehead atoms. The number of carboxylic acid groups (broad SMARTS) is 1. The van der Waals surface area contributed by atoms with Gasteiger partial charge in [0.25, 0.3) is 5.91 Å². The fourth-order valence-electron chi connectivity index (χ4n) is 4.76. The zero-order valence-corrected chi connectivity index (χ0v) is 24.7. The summed E-state index contributed by atoms with van der Waals surface area (Å²) in [4.78, 5) is 55.4. The number of carboxylic acids is 1. The number of methoxy groups -OCH3 is 1. The Bertz CT molecular complexity index is 1360. The van der Waals surface area contributed by atoms with Gasteiger partial charge in [-0.3, -0.25) is 19.2 Å². The number of carbonyl (C=O) groups is 4. The van der Waals surface area contributed by atoms with Crippen molar-refractivity contribution in [3.63, 3.8) is 0 Å². The van der Waals surface area contributed by atoms with Crippen molar-refractivity contribution in [2.45, 2.75) is 58.6 Å². The van der Waals surface area contributed by atoms with Crippen LogP contribution in [0.25, 0.3) is 11.3 Å². The molecule has 11 nitrogen and oxygen atoms in total.